The van der Waals surface area contributed by atoms with Crippen LogP contribution in [-0.4, -0.2) is 57.2 Å². The van der Waals surface area contributed by atoms with Gasteiger partial charge in [-0.25, -0.2) is 0 Å². The number of hydrogen-bond acceptors (Lipinski definition) is 4. The lowest BCUT2D eigenvalue weighted by atomic mass is 9.81. The van der Waals surface area contributed by atoms with Gasteiger partial charge in [0.2, 0.25) is 5.91 Å². The largest absolute Gasteiger partial charge is 0.481 e. The molecular formula is C15H20N4O4. The first-order valence-electron chi connectivity index (χ1n) is 7.72. The van der Waals surface area contributed by atoms with Crippen LogP contribution in [0.25, 0.3) is 0 Å². The quantitative estimate of drug-likeness (QED) is 0.789. The molecule has 3 rings (SSSR count). The highest BCUT2D eigenvalue weighted by Crippen LogP contribution is 2.40. The molecule has 2 fully saturated rings. The van der Waals surface area contributed by atoms with Crippen LogP contribution < -0.4 is 5.32 Å². The van der Waals surface area contributed by atoms with Crippen molar-refractivity contribution in [3.8, 4) is 0 Å². The maximum atomic E-state index is 12.7. The molecule has 0 spiro atoms. The third kappa shape index (κ3) is 2.29. The average molecular weight is 320 g/mol. The number of aromatic nitrogens is 2. The topological polar surface area (TPSA) is 105 Å². The second-order valence-corrected chi connectivity index (χ2v) is 6.31. The van der Waals surface area contributed by atoms with Crippen molar-refractivity contribution in [2.24, 2.45) is 18.4 Å². The third-order valence-electron chi connectivity index (χ3n) is 4.81. The van der Waals surface area contributed by atoms with Gasteiger partial charge in [0.15, 0.2) is 0 Å². The second-order valence-electron chi connectivity index (χ2n) is 6.31. The summed E-state index contributed by atoms with van der Waals surface area (Å²) in [5, 5.41) is 16.4. The van der Waals surface area contributed by atoms with Crippen molar-refractivity contribution < 1.29 is 19.5 Å². The summed E-state index contributed by atoms with van der Waals surface area (Å²) >= 11 is 0. The Kier molecular flexibility index (Phi) is 3.62. The average Bonchev–Trinajstić information content (AvgIpc) is 3.14. The molecule has 8 nitrogen and oxygen atoms in total. The van der Waals surface area contributed by atoms with Crippen molar-refractivity contribution in [3.63, 3.8) is 0 Å². The van der Waals surface area contributed by atoms with Crippen LogP contribution in [0.15, 0.2) is 6.07 Å². The number of aliphatic carboxylic acids is 1. The van der Waals surface area contributed by atoms with E-state index in [1.165, 1.54) is 9.58 Å². The lowest BCUT2D eigenvalue weighted by molar-refractivity contribution is -0.149. The van der Waals surface area contributed by atoms with E-state index in [-0.39, 0.29) is 31.4 Å². The molecule has 0 aliphatic carbocycles. The van der Waals surface area contributed by atoms with E-state index >= 15 is 0 Å². The summed E-state index contributed by atoms with van der Waals surface area (Å²) in [6, 6.07) is 1.74. The Morgan fingerprint density at radius 2 is 2.26 bits per heavy atom. The summed E-state index contributed by atoms with van der Waals surface area (Å²) < 4.78 is 1.52. The molecule has 8 heteroatoms. The minimum Gasteiger partial charge on any atom is -0.481 e. The SMILES string of the molecule is CCCc1cc(C(=O)N2C[C@@H]3C(=O)NC[C@]3(C(=O)O)C2)n(C)n1. The van der Waals surface area contributed by atoms with Gasteiger partial charge in [-0.1, -0.05) is 13.3 Å². The Bertz CT molecular complexity index is 683. The van der Waals surface area contributed by atoms with Crippen LogP contribution in [0.1, 0.15) is 29.5 Å². The van der Waals surface area contributed by atoms with Crippen molar-refractivity contribution in [3.05, 3.63) is 17.5 Å². The van der Waals surface area contributed by atoms with E-state index in [9.17, 15) is 19.5 Å². The molecule has 23 heavy (non-hydrogen) atoms. The molecule has 0 saturated carbocycles. The number of fused-ring (bicyclic) bond motifs is 1. The van der Waals surface area contributed by atoms with Crippen molar-refractivity contribution in [1.29, 1.82) is 0 Å². The Morgan fingerprint density at radius 3 is 2.87 bits per heavy atom. The first kappa shape index (κ1) is 15.5. The third-order valence-corrected chi connectivity index (χ3v) is 4.81. The normalized spacial score (nSPS) is 26.3. The maximum absolute atomic E-state index is 12.7. The van der Waals surface area contributed by atoms with Crippen LogP contribution in [0, 0.1) is 11.3 Å². The van der Waals surface area contributed by atoms with Gasteiger partial charge in [0.05, 0.1) is 11.6 Å². The fraction of sp³-hybridized carbons (Fsp3) is 0.600. The van der Waals surface area contributed by atoms with Gasteiger partial charge >= 0.3 is 5.97 Å². The Hall–Kier alpha value is -2.38. The molecule has 0 bridgehead atoms. The van der Waals surface area contributed by atoms with E-state index in [2.05, 4.69) is 10.4 Å². The van der Waals surface area contributed by atoms with Gasteiger partial charge in [0.25, 0.3) is 5.91 Å². The molecule has 3 heterocycles. The molecule has 0 radical (unpaired) electrons. The molecule has 2 saturated heterocycles. The first-order valence-corrected chi connectivity index (χ1v) is 7.72. The number of amides is 2. The van der Waals surface area contributed by atoms with E-state index in [0.717, 1.165) is 18.5 Å². The molecular weight excluding hydrogens is 300 g/mol. The van der Waals surface area contributed by atoms with Crippen molar-refractivity contribution in [1.82, 2.24) is 20.0 Å². The van der Waals surface area contributed by atoms with Crippen LogP contribution in [0.2, 0.25) is 0 Å². The van der Waals surface area contributed by atoms with Crippen molar-refractivity contribution in [2.45, 2.75) is 19.8 Å². The zero-order valence-corrected chi connectivity index (χ0v) is 13.2. The predicted octanol–water partition coefficient (Wildman–Crippen LogP) is -0.355. The minimum atomic E-state index is -1.21. The van der Waals surface area contributed by atoms with Crippen molar-refractivity contribution in [2.75, 3.05) is 19.6 Å². The number of rotatable bonds is 4. The monoisotopic (exact) mass is 320 g/mol. The predicted molar refractivity (Wildman–Crippen MR) is 79.7 cm³/mol. The lowest BCUT2D eigenvalue weighted by Crippen LogP contribution is -2.41. The smallest absolute Gasteiger partial charge is 0.314 e. The number of carbonyl (C=O) groups excluding carboxylic acids is 2. The number of carboxylic acid groups (broad SMARTS) is 1. The molecule has 2 aliphatic rings. The molecule has 2 N–H and O–H groups in total. The zero-order valence-electron chi connectivity index (χ0n) is 13.2. The van der Waals surface area contributed by atoms with Gasteiger partial charge in [0, 0.05) is 26.7 Å². The van der Waals surface area contributed by atoms with E-state index < -0.39 is 17.3 Å². The number of carbonyl (C=O) groups is 3. The van der Waals surface area contributed by atoms with E-state index in [0.29, 0.717) is 5.69 Å². The summed E-state index contributed by atoms with van der Waals surface area (Å²) in [6.45, 7) is 2.28. The molecule has 1 aromatic heterocycles. The van der Waals surface area contributed by atoms with Gasteiger partial charge in [0.1, 0.15) is 11.1 Å². The number of hydrogen-bond donors (Lipinski definition) is 2. The highest BCUT2D eigenvalue weighted by Gasteiger charge is 2.60. The number of carboxylic acids is 1. The van der Waals surface area contributed by atoms with Crippen LogP contribution in [0.5, 0.6) is 0 Å². The van der Waals surface area contributed by atoms with Crippen LogP contribution in [0.3, 0.4) is 0 Å². The van der Waals surface area contributed by atoms with Gasteiger partial charge in [-0.2, -0.15) is 5.10 Å². The summed E-state index contributed by atoms with van der Waals surface area (Å²) in [5.74, 6) is -2.29. The molecule has 124 valence electrons. The maximum Gasteiger partial charge on any atom is 0.314 e. The van der Waals surface area contributed by atoms with Crippen LogP contribution >= 0.6 is 0 Å². The van der Waals surface area contributed by atoms with Crippen molar-refractivity contribution >= 4 is 17.8 Å². The molecule has 1 aromatic rings. The standard InChI is InChI=1S/C15H20N4O4/c1-3-4-9-5-11(18(2)17-9)13(21)19-6-10-12(20)16-7-15(10,8-19)14(22)23/h5,10H,3-4,6-8H2,1-2H3,(H,16,20)(H,22,23)/t10-,15+/m1/s1. The Morgan fingerprint density at radius 1 is 1.52 bits per heavy atom. The number of nitrogens with one attached hydrogen (secondary N) is 1. The Labute approximate surface area is 133 Å². The minimum absolute atomic E-state index is 0.0405. The zero-order chi connectivity index (χ0) is 16.8. The number of nitrogens with zero attached hydrogens (tertiary/aromatic N) is 3. The fourth-order valence-electron chi connectivity index (χ4n) is 3.51. The summed E-state index contributed by atoms with van der Waals surface area (Å²) in [7, 11) is 1.70. The highest BCUT2D eigenvalue weighted by molar-refractivity contribution is 5.97. The summed E-state index contributed by atoms with van der Waals surface area (Å²) in [4.78, 5) is 37.8. The van der Waals surface area contributed by atoms with Gasteiger partial charge in [-0.3, -0.25) is 19.1 Å². The molecule has 2 aliphatic heterocycles. The van der Waals surface area contributed by atoms with Gasteiger partial charge < -0.3 is 15.3 Å². The highest BCUT2D eigenvalue weighted by atomic mass is 16.4. The molecule has 2 amide bonds. The van der Waals surface area contributed by atoms with Crippen LogP contribution in [0.4, 0.5) is 0 Å². The summed E-state index contributed by atoms with van der Waals surface area (Å²) in [6.07, 6.45) is 1.71. The second kappa shape index (κ2) is 5.36. The van der Waals surface area contributed by atoms with Gasteiger partial charge in [-0.05, 0) is 12.5 Å². The summed E-state index contributed by atoms with van der Waals surface area (Å²) in [5.41, 5.74) is 0.0511. The molecule has 2 atom stereocenters. The number of aryl methyl sites for hydroxylation is 2. The van der Waals surface area contributed by atoms with E-state index in [4.69, 9.17) is 0 Å². The first-order chi connectivity index (χ1) is 10.9. The fourth-order valence-corrected chi connectivity index (χ4v) is 3.51. The van der Waals surface area contributed by atoms with Gasteiger partial charge in [-0.15, -0.1) is 0 Å². The molecule has 0 unspecified atom stereocenters. The van der Waals surface area contributed by atoms with Crippen LogP contribution in [-0.2, 0) is 23.1 Å². The number of likely N-dealkylation sites (tertiary alicyclic amines) is 1. The molecule has 0 aromatic carbocycles. The van der Waals surface area contributed by atoms with E-state index in [1.807, 2.05) is 6.92 Å². The van der Waals surface area contributed by atoms with E-state index in [1.54, 1.807) is 13.1 Å². The Balaban J connectivity index is 1.85. The lowest BCUT2D eigenvalue weighted by Gasteiger charge is -2.21.